The molecule has 0 saturated carbocycles. The van der Waals surface area contributed by atoms with E-state index in [9.17, 15) is 4.79 Å². The van der Waals surface area contributed by atoms with E-state index in [1.807, 2.05) is 0 Å². The summed E-state index contributed by atoms with van der Waals surface area (Å²) in [6.07, 6.45) is 25.6. The number of Topliss-reactive ketones (excluding diaryl/α,β-unsaturated/α-hetero) is 1. The van der Waals surface area contributed by atoms with Gasteiger partial charge >= 0.3 is 0 Å². The number of unbranched alkanes of at least 4 members (excludes halogenated alkanes) is 14. The summed E-state index contributed by atoms with van der Waals surface area (Å²) in [6.45, 7) is 5.18. The fourth-order valence-electron chi connectivity index (χ4n) is 4.05. The van der Waals surface area contributed by atoms with Crippen molar-refractivity contribution >= 4 is 5.78 Å². The van der Waals surface area contributed by atoms with Crippen LogP contribution in [-0.4, -0.2) is 12.3 Å². The molecule has 2 heteroatoms. The van der Waals surface area contributed by atoms with E-state index in [-0.39, 0.29) is 5.92 Å². The molecule has 2 nitrogen and oxygen atoms in total. The van der Waals surface area contributed by atoms with E-state index in [2.05, 4.69) is 13.8 Å². The molecule has 0 bridgehead atoms. The lowest BCUT2D eigenvalue weighted by Crippen LogP contribution is -2.16. The molecule has 0 amide bonds. The van der Waals surface area contributed by atoms with E-state index >= 15 is 0 Å². The molecule has 0 spiro atoms. The minimum atomic E-state index is 0.283. The second-order valence-corrected chi connectivity index (χ2v) is 8.58. The third-order valence-corrected chi connectivity index (χ3v) is 5.88. The van der Waals surface area contributed by atoms with Crippen LogP contribution in [0.25, 0.3) is 0 Å². The molecule has 0 radical (unpaired) electrons. The van der Waals surface area contributed by atoms with Crippen LogP contribution in [0.1, 0.15) is 142 Å². The van der Waals surface area contributed by atoms with Crippen LogP contribution in [0.5, 0.6) is 0 Å². The lowest BCUT2D eigenvalue weighted by Gasteiger charge is -2.14. The molecule has 0 aliphatic rings. The first-order chi connectivity index (χ1) is 13.3. The van der Waals surface area contributed by atoms with E-state index in [4.69, 9.17) is 5.73 Å². The largest absolute Gasteiger partial charge is 0.330 e. The Morgan fingerprint density at radius 1 is 0.593 bits per heavy atom. The zero-order valence-corrected chi connectivity index (χ0v) is 18.9. The smallest absolute Gasteiger partial charge is 0.135 e. The molecule has 0 heterocycles. The zero-order chi connectivity index (χ0) is 20.0. The molecule has 0 rings (SSSR count). The molecule has 0 aliphatic carbocycles. The Morgan fingerprint density at radius 2 is 1.04 bits per heavy atom. The van der Waals surface area contributed by atoms with Crippen LogP contribution in [0.15, 0.2) is 0 Å². The van der Waals surface area contributed by atoms with E-state index in [0.717, 1.165) is 38.5 Å². The second-order valence-electron chi connectivity index (χ2n) is 8.58. The Balaban J connectivity index is 3.35. The Kier molecular flexibility index (Phi) is 21.6. The van der Waals surface area contributed by atoms with Crippen molar-refractivity contribution in [3.05, 3.63) is 0 Å². The third kappa shape index (κ3) is 18.7. The standard InChI is InChI=1S/C25H51NO/c1-3-5-6-7-8-9-10-11-12-13-14-15-16-17-18-22-25(27)24(20-4-2)21-19-23-26/h24H,3-23,26H2,1-2H3. The van der Waals surface area contributed by atoms with Crippen molar-refractivity contribution in [3.8, 4) is 0 Å². The Bertz CT molecular complexity index is 303. The third-order valence-electron chi connectivity index (χ3n) is 5.88. The average molecular weight is 382 g/mol. The highest BCUT2D eigenvalue weighted by molar-refractivity contribution is 5.80. The summed E-state index contributed by atoms with van der Waals surface area (Å²) >= 11 is 0. The number of hydrogen-bond acceptors (Lipinski definition) is 2. The SMILES string of the molecule is CCCCCCCCCCCCCCCCCC(=O)C(CCC)CCCN. The molecule has 2 N–H and O–H groups in total. The molecule has 0 saturated heterocycles. The van der Waals surface area contributed by atoms with Gasteiger partial charge in [-0.15, -0.1) is 0 Å². The molecule has 0 fully saturated rings. The van der Waals surface area contributed by atoms with Crippen LogP contribution in [0.4, 0.5) is 0 Å². The van der Waals surface area contributed by atoms with Gasteiger partial charge in [-0.3, -0.25) is 4.79 Å². The highest BCUT2D eigenvalue weighted by Crippen LogP contribution is 2.19. The maximum absolute atomic E-state index is 12.3. The Labute approximate surface area is 171 Å². The predicted octanol–water partition coefficient (Wildman–Crippen LogP) is 7.97. The van der Waals surface area contributed by atoms with Gasteiger partial charge in [-0.1, -0.05) is 110 Å². The monoisotopic (exact) mass is 381 g/mol. The molecule has 27 heavy (non-hydrogen) atoms. The normalized spacial score (nSPS) is 12.4. The maximum Gasteiger partial charge on any atom is 0.135 e. The average Bonchev–Trinajstić information content (AvgIpc) is 2.68. The summed E-state index contributed by atoms with van der Waals surface area (Å²) in [5.41, 5.74) is 5.60. The van der Waals surface area contributed by atoms with Crippen molar-refractivity contribution in [2.75, 3.05) is 6.54 Å². The van der Waals surface area contributed by atoms with Crippen molar-refractivity contribution in [2.45, 2.75) is 142 Å². The number of carbonyl (C=O) groups excluding carboxylic acids is 1. The Hall–Kier alpha value is -0.370. The lowest BCUT2D eigenvalue weighted by molar-refractivity contribution is -0.123. The van der Waals surface area contributed by atoms with Crippen LogP contribution in [0.2, 0.25) is 0 Å². The molecule has 1 atom stereocenters. The van der Waals surface area contributed by atoms with Crippen molar-refractivity contribution < 1.29 is 4.79 Å². The van der Waals surface area contributed by atoms with Crippen molar-refractivity contribution in [1.29, 1.82) is 0 Å². The van der Waals surface area contributed by atoms with Crippen LogP contribution in [0, 0.1) is 5.92 Å². The summed E-state index contributed by atoms with van der Waals surface area (Å²) in [5, 5.41) is 0. The molecule has 0 aliphatic heterocycles. The molecule has 0 aromatic rings. The highest BCUT2D eigenvalue weighted by atomic mass is 16.1. The van der Waals surface area contributed by atoms with E-state index in [1.165, 1.54) is 89.9 Å². The first kappa shape index (κ1) is 26.6. The summed E-state index contributed by atoms with van der Waals surface area (Å²) < 4.78 is 0. The van der Waals surface area contributed by atoms with Gasteiger partial charge in [0.2, 0.25) is 0 Å². The van der Waals surface area contributed by atoms with Crippen LogP contribution in [0.3, 0.4) is 0 Å². The van der Waals surface area contributed by atoms with Gasteiger partial charge in [-0.2, -0.15) is 0 Å². The van der Waals surface area contributed by atoms with Crippen LogP contribution >= 0.6 is 0 Å². The van der Waals surface area contributed by atoms with E-state index in [0.29, 0.717) is 12.3 Å². The fourth-order valence-corrected chi connectivity index (χ4v) is 4.05. The Morgan fingerprint density at radius 3 is 1.44 bits per heavy atom. The predicted molar refractivity (Wildman–Crippen MR) is 121 cm³/mol. The first-order valence-electron chi connectivity index (χ1n) is 12.5. The molecular weight excluding hydrogens is 330 g/mol. The fraction of sp³-hybridized carbons (Fsp3) is 0.960. The second kappa shape index (κ2) is 21.9. The topological polar surface area (TPSA) is 43.1 Å². The summed E-state index contributed by atoms with van der Waals surface area (Å²) in [7, 11) is 0. The molecule has 162 valence electrons. The number of carbonyl (C=O) groups is 1. The van der Waals surface area contributed by atoms with Gasteiger partial charge in [-0.25, -0.2) is 0 Å². The van der Waals surface area contributed by atoms with Gasteiger partial charge in [0.1, 0.15) is 5.78 Å². The van der Waals surface area contributed by atoms with Gasteiger partial charge in [-0.05, 0) is 32.2 Å². The van der Waals surface area contributed by atoms with Gasteiger partial charge in [0.05, 0.1) is 0 Å². The summed E-state index contributed by atoms with van der Waals surface area (Å²) in [6, 6.07) is 0. The maximum atomic E-state index is 12.3. The van der Waals surface area contributed by atoms with Gasteiger partial charge in [0.15, 0.2) is 0 Å². The van der Waals surface area contributed by atoms with Gasteiger partial charge in [0.25, 0.3) is 0 Å². The summed E-state index contributed by atoms with van der Waals surface area (Å²) in [5.74, 6) is 0.783. The molecule has 0 aromatic carbocycles. The zero-order valence-electron chi connectivity index (χ0n) is 18.9. The van der Waals surface area contributed by atoms with E-state index < -0.39 is 0 Å². The van der Waals surface area contributed by atoms with Crippen molar-refractivity contribution in [2.24, 2.45) is 11.7 Å². The molecular formula is C25H51NO. The molecule has 1 unspecified atom stereocenters. The number of rotatable bonds is 22. The lowest BCUT2D eigenvalue weighted by atomic mass is 9.90. The minimum absolute atomic E-state index is 0.283. The van der Waals surface area contributed by atoms with Gasteiger partial charge in [0, 0.05) is 12.3 Å². The van der Waals surface area contributed by atoms with E-state index in [1.54, 1.807) is 0 Å². The van der Waals surface area contributed by atoms with Crippen molar-refractivity contribution in [1.82, 2.24) is 0 Å². The summed E-state index contributed by atoms with van der Waals surface area (Å²) in [4.78, 5) is 12.3. The quantitative estimate of drug-likeness (QED) is 0.193. The molecule has 0 aromatic heterocycles. The van der Waals surface area contributed by atoms with Crippen LogP contribution in [-0.2, 0) is 4.79 Å². The van der Waals surface area contributed by atoms with Crippen LogP contribution < -0.4 is 5.73 Å². The number of hydrogen-bond donors (Lipinski definition) is 1. The van der Waals surface area contributed by atoms with Crippen molar-refractivity contribution in [3.63, 3.8) is 0 Å². The van der Waals surface area contributed by atoms with Gasteiger partial charge < -0.3 is 5.73 Å². The first-order valence-corrected chi connectivity index (χ1v) is 12.5. The minimum Gasteiger partial charge on any atom is -0.330 e. The number of nitrogens with two attached hydrogens (primary N) is 1. The highest BCUT2D eigenvalue weighted by Gasteiger charge is 2.16. The number of ketones is 1.